The summed E-state index contributed by atoms with van der Waals surface area (Å²) >= 11 is 1.15. The van der Waals surface area contributed by atoms with E-state index in [0.29, 0.717) is 35.4 Å². The van der Waals surface area contributed by atoms with Crippen LogP contribution in [-0.4, -0.2) is 27.5 Å². The molecular formula is C28H23F3N2O4S2. The van der Waals surface area contributed by atoms with E-state index in [9.17, 15) is 26.4 Å². The highest BCUT2D eigenvalue weighted by Gasteiger charge is 2.31. The number of sulfonamides is 1. The minimum Gasteiger partial charge on any atom is -0.496 e. The number of carbonyl (C=O) groups is 1. The summed E-state index contributed by atoms with van der Waals surface area (Å²) < 4.78 is 72.8. The van der Waals surface area contributed by atoms with Crippen LogP contribution in [0.5, 0.6) is 5.75 Å². The average molecular weight is 573 g/mol. The Morgan fingerprint density at radius 1 is 0.974 bits per heavy atom. The maximum Gasteiger partial charge on any atom is 0.416 e. The second kappa shape index (κ2) is 10.5. The van der Waals surface area contributed by atoms with Gasteiger partial charge in [-0.2, -0.15) is 13.2 Å². The van der Waals surface area contributed by atoms with Crippen molar-refractivity contribution in [2.45, 2.75) is 29.3 Å². The standard InChI is InChI=1S/C28H23F3N2O4S2/c1-37-24-5-2-4-23(26(24)17-7-10-20(11-8-17)28(29,30)31)27(34)32-21-12-9-18-14-22(16-19(18)15-21)33-39(35,36)25-6-3-13-38-25/h2-13,15,22,33H,14,16H2,1H3,(H,32,34). The van der Waals surface area contributed by atoms with Crippen LogP contribution in [-0.2, 0) is 29.0 Å². The van der Waals surface area contributed by atoms with E-state index in [4.69, 9.17) is 4.74 Å². The zero-order valence-electron chi connectivity index (χ0n) is 20.6. The zero-order valence-corrected chi connectivity index (χ0v) is 22.2. The van der Waals surface area contributed by atoms with Gasteiger partial charge in [-0.3, -0.25) is 4.79 Å². The number of benzene rings is 3. The van der Waals surface area contributed by atoms with Crippen LogP contribution in [0.4, 0.5) is 18.9 Å². The molecule has 0 saturated carbocycles. The van der Waals surface area contributed by atoms with E-state index in [2.05, 4.69) is 10.0 Å². The van der Waals surface area contributed by atoms with Crippen LogP contribution in [0, 0.1) is 0 Å². The molecule has 0 spiro atoms. The second-order valence-corrected chi connectivity index (χ2v) is 11.9. The van der Waals surface area contributed by atoms with Crippen molar-refractivity contribution in [3.63, 3.8) is 0 Å². The highest BCUT2D eigenvalue weighted by Crippen LogP contribution is 2.37. The molecule has 0 bridgehead atoms. The van der Waals surface area contributed by atoms with Crippen LogP contribution in [0.2, 0.25) is 0 Å². The average Bonchev–Trinajstić information content (AvgIpc) is 3.58. The van der Waals surface area contributed by atoms with Gasteiger partial charge in [-0.15, -0.1) is 11.3 Å². The topological polar surface area (TPSA) is 84.5 Å². The maximum atomic E-state index is 13.3. The fraction of sp³-hybridized carbons (Fsp3) is 0.179. The number of amides is 1. The Morgan fingerprint density at radius 3 is 2.38 bits per heavy atom. The van der Waals surface area contributed by atoms with E-state index in [1.165, 1.54) is 19.2 Å². The Kier molecular flexibility index (Phi) is 7.23. The number of methoxy groups -OCH3 is 1. The fourth-order valence-corrected chi connectivity index (χ4v) is 6.93. The van der Waals surface area contributed by atoms with Crippen molar-refractivity contribution < 1.29 is 31.1 Å². The van der Waals surface area contributed by atoms with Crippen molar-refractivity contribution in [1.82, 2.24) is 4.72 Å². The number of fused-ring (bicyclic) bond motifs is 1. The third-order valence-electron chi connectivity index (χ3n) is 6.47. The summed E-state index contributed by atoms with van der Waals surface area (Å²) in [4.78, 5) is 13.3. The first-order valence-electron chi connectivity index (χ1n) is 11.9. The number of ether oxygens (including phenoxy) is 1. The maximum absolute atomic E-state index is 13.3. The Balaban J connectivity index is 1.36. The quantitative estimate of drug-likeness (QED) is 0.279. The summed E-state index contributed by atoms with van der Waals surface area (Å²) in [5.41, 5.74) is 2.63. The SMILES string of the molecule is COc1cccc(C(=O)Nc2ccc3c(c2)CC(NS(=O)(=O)c2cccs2)C3)c1-c1ccc(C(F)(F)F)cc1. The number of halogens is 3. The highest BCUT2D eigenvalue weighted by molar-refractivity contribution is 7.91. The van der Waals surface area contributed by atoms with Gasteiger partial charge in [0.25, 0.3) is 5.91 Å². The first kappa shape index (κ1) is 26.9. The fourth-order valence-electron chi connectivity index (χ4n) is 4.69. The molecule has 2 N–H and O–H groups in total. The summed E-state index contributed by atoms with van der Waals surface area (Å²) in [5, 5.41) is 4.57. The number of thiophene rings is 1. The van der Waals surface area contributed by atoms with Crippen molar-refractivity contribution in [2.75, 3.05) is 12.4 Å². The Bertz CT molecular complexity index is 1620. The Morgan fingerprint density at radius 2 is 1.72 bits per heavy atom. The van der Waals surface area contributed by atoms with Crippen LogP contribution in [0.3, 0.4) is 0 Å². The Labute approximate surface area is 227 Å². The van der Waals surface area contributed by atoms with Crippen LogP contribution < -0.4 is 14.8 Å². The van der Waals surface area contributed by atoms with E-state index >= 15 is 0 Å². The van der Waals surface area contributed by atoms with Crippen LogP contribution in [0.15, 0.2) is 82.4 Å². The van der Waals surface area contributed by atoms with Crippen molar-refractivity contribution >= 4 is 33.0 Å². The smallest absolute Gasteiger partial charge is 0.416 e. The molecule has 1 heterocycles. The van der Waals surface area contributed by atoms with E-state index in [0.717, 1.165) is 34.6 Å². The van der Waals surface area contributed by atoms with Gasteiger partial charge in [0.1, 0.15) is 9.96 Å². The summed E-state index contributed by atoms with van der Waals surface area (Å²) in [5.74, 6) is -0.117. The minimum atomic E-state index is -4.48. The molecular weight excluding hydrogens is 549 g/mol. The normalized spacial score (nSPS) is 15.1. The lowest BCUT2D eigenvalue weighted by Gasteiger charge is -2.15. The van der Waals surface area contributed by atoms with E-state index < -0.39 is 27.7 Å². The van der Waals surface area contributed by atoms with E-state index in [1.54, 1.807) is 41.8 Å². The highest BCUT2D eigenvalue weighted by atomic mass is 32.2. The van der Waals surface area contributed by atoms with Gasteiger partial charge in [0, 0.05) is 17.3 Å². The molecule has 6 nitrogen and oxygen atoms in total. The molecule has 11 heteroatoms. The van der Waals surface area contributed by atoms with Crippen molar-refractivity contribution in [3.8, 4) is 16.9 Å². The van der Waals surface area contributed by atoms with Gasteiger partial charge < -0.3 is 10.1 Å². The molecule has 3 aromatic carbocycles. The van der Waals surface area contributed by atoms with E-state index in [-0.39, 0.29) is 15.8 Å². The number of alkyl halides is 3. The molecule has 4 aromatic rings. The van der Waals surface area contributed by atoms with Crippen LogP contribution >= 0.6 is 11.3 Å². The molecule has 1 amide bonds. The molecule has 0 saturated heterocycles. The summed E-state index contributed by atoms with van der Waals surface area (Å²) in [7, 11) is -2.18. The number of hydrogen-bond donors (Lipinski definition) is 2. The number of hydrogen-bond acceptors (Lipinski definition) is 5. The third-order valence-corrected chi connectivity index (χ3v) is 9.39. The van der Waals surface area contributed by atoms with Gasteiger partial charge in [-0.05, 0) is 77.4 Å². The first-order valence-corrected chi connectivity index (χ1v) is 14.2. The molecule has 39 heavy (non-hydrogen) atoms. The van der Waals surface area contributed by atoms with E-state index in [1.807, 2.05) is 12.1 Å². The summed E-state index contributed by atoms with van der Waals surface area (Å²) in [6.45, 7) is 0. The minimum absolute atomic E-state index is 0.233. The molecule has 1 aromatic heterocycles. The third kappa shape index (κ3) is 5.70. The lowest BCUT2D eigenvalue weighted by molar-refractivity contribution is -0.137. The Hall–Kier alpha value is -3.67. The summed E-state index contributed by atoms with van der Waals surface area (Å²) in [6, 6.07) is 17.7. The molecule has 202 valence electrons. The number of rotatable bonds is 7. The second-order valence-electron chi connectivity index (χ2n) is 9.05. The molecule has 5 rings (SSSR count). The molecule has 1 aliphatic rings. The first-order chi connectivity index (χ1) is 18.5. The van der Waals surface area contributed by atoms with Gasteiger partial charge in [-0.1, -0.05) is 30.3 Å². The monoisotopic (exact) mass is 572 g/mol. The number of nitrogens with one attached hydrogen (secondary N) is 2. The summed E-state index contributed by atoms with van der Waals surface area (Å²) in [6.07, 6.45) is -3.47. The lowest BCUT2D eigenvalue weighted by atomic mass is 9.96. The molecule has 1 unspecified atom stereocenters. The van der Waals surface area contributed by atoms with Crippen LogP contribution in [0.1, 0.15) is 27.0 Å². The molecule has 1 atom stereocenters. The molecule has 1 aliphatic carbocycles. The largest absolute Gasteiger partial charge is 0.496 e. The van der Waals surface area contributed by atoms with Crippen molar-refractivity contribution in [3.05, 3.63) is 100 Å². The molecule has 0 aliphatic heterocycles. The lowest BCUT2D eigenvalue weighted by Crippen LogP contribution is -2.34. The zero-order chi connectivity index (χ0) is 27.8. The predicted molar refractivity (Wildman–Crippen MR) is 144 cm³/mol. The van der Waals surface area contributed by atoms with Gasteiger partial charge in [0.15, 0.2) is 0 Å². The van der Waals surface area contributed by atoms with Gasteiger partial charge in [0.05, 0.1) is 18.2 Å². The van der Waals surface area contributed by atoms with Gasteiger partial charge in [-0.25, -0.2) is 13.1 Å². The van der Waals surface area contributed by atoms with Crippen molar-refractivity contribution in [2.24, 2.45) is 0 Å². The van der Waals surface area contributed by atoms with Crippen molar-refractivity contribution in [1.29, 1.82) is 0 Å². The van der Waals surface area contributed by atoms with Gasteiger partial charge >= 0.3 is 6.18 Å². The van der Waals surface area contributed by atoms with Gasteiger partial charge in [0.2, 0.25) is 10.0 Å². The molecule has 0 radical (unpaired) electrons. The number of anilines is 1. The molecule has 0 fully saturated rings. The van der Waals surface area contributed by atoms with Crippen LogP contribution in [0.25, 0.3) is 11.1 Å². The predicted octanol–water partition coefficient (Wildman–Crippen LogP) is 6.14. The number of carbonyl (C=O) groups excluding carboxylic acids is 1.